The second-order valence-corrected chi connectivity index (χ2v) is 5.15. The number of ether oxygens (including phenoxy) is 3. The zero-order valence-corrected chi connectivity index (χ0v) is 11.1. The number of hydrogen-bond donors (Lipinski definition) is 1. The van der Waals surface area contributed by atoms with Crippen LogP contribution in [0.4, 0.5) is 0 Å². The summed E-state index contributed by atoms with van der Waals surface area (Å²) in [5.74, 6) is -0.747. The monoisotopic (exact) mass is 272 g/mol. The molecule has 0 aliphatic carbocycles. The van der Waals surface area contributed by atoms with E-state index in [1.807, 2.05) is 0 Å². The lowest BCUT2D eigenvalue weighted by Crippen LogP contribution is -2.46. The van der Waals surface area contributed by atoms with Crippen LogP contribution in [0, 0.1) is 0 Å². The van der Waals surface area contributed by atoms with E-state index in [-0.39, 0.29) is 31.6 Å². The highest BCUT2D eigenvalue weighted by atomic mass is 16.6. The minimum Gasteiger partial charge on any atom is -0.462 e. The Balaban J connectivity index is 1.93. The third kappa shape index (κ3) is 3.06. The van der Waals surface area contributed by atoms with E-state index in [9.17, 15) is 14.7 Å². The molecule has 0 amide bonds. The van der Waals surface area contributed by atoms with E-state index in [0.29, 0.717) is 6.42 Å². The molecule has 2 fully saturated rings. The molecule has 0 saturated carbocycles. The summed E-state index contributed by atoms with van der Waals surface area (Å²) >= 11 is 0. The van der Waals surface area contributed by atoms with Crippen molar-refractivity contribution in [2.45, 2.75) is 56.8 Å². The third-order valence-corrected chi connectivity index (χ3v) is 3.57. The fraction of sp³-hybridized carbons (Fsp3) is 0.846. The molecule has 0 aromatic carbocycles. The van der Waals surface area contributed by atoms with Gasteiger partial charge in [-0.3, -0.25) is 9.59 Å². The second kappa shape index (κ2) is 5.88. The molecule has 0 bridgehead atoms. The molecule has 1 N–H and O–H groups in total. The first kappa shape index (κ1) is 14.3. The molecular formula is C13H20O6. The molecule has 6 nitrogen and oxygen atoms in total. The number of esters is 2. The number of aliphatic hydroxyl groups excluding tert-OH is 1. The molecule has 2 heterocycles. The van der Waals surface area contributed by atoms with Gasteiger partial charge in [-0.1, -0.05) is 19.8 Å². The molecule has 0 aromatic heterocycles. The zero-order valence-electron chi connectivity index (χ0n) is 11.1. The maximum Gasteiger partial charge on any atom is 0.309 e. The Morgan fingerprint density at radius 2 is 2.32 bits per heavy atom. The van der Waals surface area contributed by atoms with Crippen molar-refractivity contribution in [3.8, 4) is 0 Å². The van der Waals surface area contributed by atoms with Crippen molar-refractivity contribution in [1.29, 1.82) is 0 Å². The largest absolute Gasteiger partial charge is 0.462 e. The predicted octanol–water partition coefficient (Wildman–Crippen LogP) is 0.555. The van der Waals surface area contributed by atoms with Crippen molar-refractivity contribution < 1.29 is 28.9 Å². The van der Waals surface area contributed by atoms with Crippen LogP contribution >= 0.6 is 0 Å². The lowest BCUT2D eigenvalue weighted by atomic mass is 9.94. The van der Waals surface area contributed by atoms with E-state index < -0.39 is 17.8 Å². The van der Waals surface area contributed by atoms with Crippen molar-refractivity contribution in [2.75, 3.05) is 13.2 Å². The van der Waals surface area contributed by atoms with E-state index in [0.717, 1.165) is 19.3 Å². The van der Waals surface area contributed by atoms with Gasteiger partial charge in [0.25, 0.3) is 0 Å². The predicted molar refractivity (Wildman–Crippen MR) is 64.3 cm³/mol. The maximum atomic E-state index is 11.7. The van der Waals surface area contributed by atoms with Crippen LogP contribution < -0.4 is 0 Å². The highest BCUT2D eigenvalue weighted by molar-refractivity contribution is 5.74. The molecule has 1 spiro atoms. The molecule has 19 heavy (non-hydrogen) atoms. The Labute approximate surface area is 112 Å². The van der Waals surface area contributed by atoms with Gasteiger partial charge in [-0.2, -0.15) is 0 Å². The molecule has 2 aliphatic rings. The number of rotatable bonds is 5. The van der Waals surface area contributed by atoms with Gasteiger partial charge in [-0.25, -0.2) is 0 Å². The second-order valence-electron chi connectivity index (χ2n) is 5.15. The SMILES string of the molecule is CCCCCC(=O)O[C@H]1[C@H](O)CO[C@]12COC(=O)C2. The molecule has 2 saturated heterocycles. The summed E-state index contributed by atoms with van der Waals surface area (Å²) < 4.78 is 15.6. The topological polar surface area (TPSA) is 82.1 Å². The fourth-order valence-electron chi connectivity index (χ4n) is 2.50. The number of cyclic esters (lactones) is 1. The van der Waals surface area contributed by atoms with E-state index in [1.165, 1.54) is 0 Å². The van der Waals surface area contributed by atoms with Crippen molar-refractivity contribution in [3.63, 3.8) is 0 Å². The van der Waals surface area contributed by atoms with Gasteiger partial charge in [0.1, 0.15) is 12.7 Å². The maximum absolute atomic E-state index is 11.7. The first-order valence-electron chi connectivity index (χ1n) is 6.74. The van der Waals surface area contributed by atoms with Crippen LogP contribution in [0.5, 0.6) is 0 Å². The van der Waals surface area contributed by atoms with Crippen LogP contribution in [0.3, 0.4) is 0 Å². The summed E-state index contributed by atoms with van der Waals surface area (Å²) in [5.41, 5.74) is -0.989. The molecule has 2 rings (SSSR count). The van der Waals surface area contributed by atoms with Crippen molar-refractivity contribution in [2.24, 2.45) is 0 Å². The number of aliphatic hydroxyl groups is 1. The molecule has 3 atom stereocenters. The zero-order chi connectivity index (χ0) is 13.9. The fourth-order valence-corrected chi connectivity index (χ4v) is 2.50. The standard InChI is InChI=1S/C13H20O6/c1-2-3-4-5-10(15)19-12-9(14)7-18-13(12)6-11(16)17-8-13/h9,12,14H,2-8H2,1H3/t9-,12+,13-/m1/s1. The van der Waals surface area contributed by atoms with Gasteiger partial charge >= 0.3 is 11.9 Å². The number of carbonyl (C=O) groups excluding carboxylic acids is 2. The highest BCUT2D eigenvalue weighted by Gasteiger charge is 2.57. The Morgan fingerprint density at radius 1 is 1.53 bits per heavy atom. The number of hydrogen-bond acceptors (Lipinski definition) is 6. The van der Waals surface area contributed by atoms with Crippen molar-refractivity contribution >= 4 is 11.9 Å². The quantitative estimate of drug-likeness (QED) is 0.581. The van der Waals surface area contributed by atoms with Gasteiger partial charge in [-0.15, -0.1) is 0 Å². The molecule has 6 heteroatoms. The van der Waals surface area contributed by atoms with Gasteiger partial charge in [0, 0.05) is 6.42 Å². The van der Waals surface area contributed by atoms with Crippen LogP contribution in [-0.4, -0.2) is 48.1 Å². The minimum absolute atomic E-state index is 0.0248. The van der Waals surface area contributed by atoms with Crippen molar-refractivity contribution in [1.82, 2.24) is 0 Å². The van der Waals surface area contributed by atoms with E-state index >= 15 is 0 Å². The molecule has 0 radical (unpaired) electrons. The first-order chi connectivity index (χ1) is 9.07. The molecule has 2 aliphatic heterocycles. The molecule has 108 valence electrons. The van der Waals surface area contributed by atoms with Crippen LogP contribution in [0.2, 0.25) is 0 Å². The molecule has 0 aromatic rings. The lowest BCUT2D eigenvalue weighted by Gasteiger charge is -2.27. The summed E-state index contributed by atoms with van der Waals surface area (Å²) in [6, 6.07) is 0. The summed E-state index contributed by atoms with van der Waals surface area (Å²) in [6.07, 6.45) is 1.39. The minimum atomic E-state index is -0.989. The average molecular weight is 272 g/mol. The van der Waals surface area contributed by atoms with Gasteiger partial charge in [0.05, 0.1) is 13.0 Å². The smallest absolute Gasteiger partial charge is 0.309 e. The highest BCUT2D eigenvalue weighted by Crippen LogP contribution is 2.37. The summed E-state index contributed by atoms with van der Waals surface area (Å²) in [4.78, 5) is 23.0. The third-order valence-electron chi connectivity index (χ3n) is 3.57. The van der Waals surface area contributed by atoms with Gasteiger partial charge in [0.2, 0.25) is 0 Å². The lowest BCUT2D eigenvalue weighted by molar-refractivity contribution is -0.163. The van der Waals surface area contributed by atoms with Gasteiger partial charge in [0.15, 0.2) is 11.7 Å². The van der Waals surface area contributed by atoms with E-state index in [1.54, 1.807) is 0 Å². The Kier molecular flexibility index (Phi) is 4.42. The average Bonchev–Trinajstić information content (AvgIpc) is 2.88. The van der Waals surface area contributed by atoms with Crippen LogP contribution in [0.15, 0.2) is 0 Å². The van der Waals surface area contributed by atoms with Crippen LogP contribution in [-0.2, 0) is 23.8 Å². The normalized spacial score (nSPS) is 33.7. The number of unbranched alkanes of at least 4 members (excludes halogenated alkanes) is 2. The first-order valence-corrected chi connectivity index (χ1v) is 6.74. The Hall–Kier alpha value is -1.14. The van der Waals surface area contributed by atoms with Crippen LogP contribution in [0.25, 0.3) is 0 Å². The van der Waals surface area contributed by atoms with Crippen LogP contribution in [0.1, 0.15) is 39.0 Å². The molecular weight excluding hydrogens is 252 g/mol. The van der Waals surface area contributed by atoms with E-state index in [4.69, 9.17) is 14.2 Å². The number of carbonyl (C=O) groups is 2. The summed E-state index contributed by atoms with van der Waals surface area (Å²) in [6.45, 7) is 2.15. The van der Waals surface area contributed by atoms with Gasteiger partial charge < -0.3 is 19.3 Å². The summed E-state index contributed by atoms with van der Waals surface area (Å²) in [5, 5.41) is 9.85. The molecule has 0 unspecified atom stereocenters. The van der Waals surface area contributed by atoms with E-state index in [2.05, 4.69) is 6.92 Å². The summed E-state index contributed by atoms with van der Waals surface area (Å²) in [7, 11) is 0. The Bertz CT molecular complexity index is 355. The van der Waals surface area contributed by atoms with Crippen molar-refractivity contribution in [3.05, 3.63) is 0 Å². The Morgan fingerprint density at radius 3 is 2.95 bits per heavy atom. The van der Waals surface area contributed by atoms with Gasteiger partial charge in [-0.05, 0) is 6.42 Å².